The maximum atomic E-state index is 2.51. The molecule has 2 aliphatic rings. The second kappa shape index (κ2) is 17.7. The van der Waals surface area contributed by atoms with Crippen molar-refractivity contribution in [2.75, 3.05) is 0 Å². The van der Waals surface area contributed by atoms with Crippen molar-refractivity contribution in [2.24, 2.45) is 0 Å². The highest BCUT2D eigenvalue weighted by atomic mass is 14.4. The Balaban J connectivity index is 0.926. The van der Waals surface area contributed by atoms with Gasteiger partial charge in [-0.2, -0.15) is 0 Å². The van der Waals surface area contributed by atoms with Gasteiger partial charge in [0.2, 0.25) is 0 Å². The molecule has 0 radical (unpaired) electrons. The molecule has 0 N–H and O–H groups in total. The van der Waals surface area contributed by atoms with E-state index in [-0.39, 0.29) is 0 Å². The molecule has 0 saturated carbocycles. The van der Waals surface area contributed by atoms with Gasteiger partial charge in [-0.1, -0.05) is 258 Å². The molecule has 19 rings (SSSR count). The highest BCUT2D eigenvalue weighted by Crippen LogP contribution is 2.63. The smallest absolute Gasteiger partial charge is 0.000740 e. The predicted octanol–water partition coefficient (Wildman–Crippen LogP) is 24.3. The second-order valence-electron chi connectivity index (χ2n) is 24.6. The lowest BCUT2D eigenvalue weighted by Crippen LogP contribution is -1.94. The molecule has 0 fully saturated rings. The number of hydrogen-bond donors (Lipinski definition) is 0. The van der Waals surface area contributed by atoms with E-state index in [4.69, 9.17) is 0 Å². The van der Waals surface area contributed by atoms with Crippen LogP contribution in [0, 0.1) is 0 Å². The van der Waals surface area contributed by atoms with Crippen molar-refractivity contribution in [3.8, 4) is 89.0 Å². The average molecular weight is 1090 g/mol. The molecule has 0 aliphatic heterocycles. The van der Waals surface area contributed by atoms with E-state index in [1.165, 1.54) is 219 Å². The SMILES string of the molecule is CCc1ccc(-c2c3c(c(-c4ccc(CC)cc4)c4ccccc24)-c2ccc4c5c2c-3ccc5c2cccc3c2c4c2cccc4c5ccc6c7c(ccc(c75)c3c42)-c2c-6c(-c3ccc(CC)cc3)c3ccccc3c2-c2ccc(CC)cc2)cc1. The van der Waals surface area contributed by atoms with E-state index in [9.17, 15) is 0 Å². The minimum Gasteiger partial charge on any atom is -0.0616 e. The van der Waals surface area contributed by atoms with Gasteiger partial charge in [0.25, 0.3) is 0 Å². The van der Waals surface area contributed by atoms with Crippen LogP contribution in [0.15, 0.2) is 231 Å². The lowest BCUT2D eigenvalue weighted by molar-refractivity contribution is 1.14. The summed E-state index contributed by atoms with van der Waals surface area (Å²) in [4.78, 5) is 0. The molecular formula is C86H58. The Kier molecular flexibility index (Phi) is 9.94. The van der Waals surface area contributed by atoms with Crippen molar-refractivity contribution in [3.63, 3.8) is 0 Å². The molecule has 17 aromatic carbocycles. The molecule has 86 heavy (non-hydrogen) atoms. The molecule has 0 nitrogen and oxygen atoms in total. The maximum Gasteiger partial charge on any atom is -0.000740 e. The van der Waals surface area contributed by atoms with Crippen LogP contribution in [0.25, 0.3) is 197 Å². The first-order chi connectivity index (χ1) is 42.5. The van der Waals surface area contributed by atoms with Gasteiger partial charge in [0.1, 0.15) is 0 Å². The van der Waals surface area contributed by atoms with Gasteiger partial charge in [-0.3, -0.25) is 0 Å². The fourth-order valence-corrected chi connectivity index (χ4v) is 16.8. The van der Waals surface area contributed by atoms with Gasteiger partial charge in [0, 0.05) is 0 Å². The monoisotopic (exact) mass is 1090 g/mol. The number of hydrogen-bond acceptors (Lipinski definition) is 0. The van der Waals surface area contributed by atoms with Gasteiger partial charge in [-0.15, -0.1) is 0 Å². The van der Waals surface area contributed by atoms with E-state index >= 15 is 0 Å². The Hall–Kier alpha value is -10.1. The first kappa shape index (κ1) is 48.3. The van der Waals surface area contributed by atoms with E-state index in [1.807, 2.05) is 0 Å². The third-order valence-corrected chi connectivity index (χ3v) is 20.7. The van der Waals surface area contributed by atoms with Gasteiger partial charge < -0.3 is 0 Å². The van der Waals surface area contributed by atoms with Crippen molar-refractivity contribution in [3.05, 3.63) is 253 Å². The summed E-state index contributed by atoms with van der Waals surface area (Å²) in [6, 6.07) is 90.5. The molecule has 0 atom stereocenters. The lowest BCUT2D eigenvalue weighted by Gasteiger charge is -2.22. The highest BCUT2D eigenvalue weighted by Gasteiger charge is 2.35. The van der Waals surface area contributed by atoms with Crippen LogP contribution >= 0.6 is 0 Å². The normalized spacial score (nSPS) is 12.6. The molecule has 0 heterocycles. The van der Waals surface area contributed by atoms with Crippen molar-refractivity contribution >= 4 is 108 Å². The molecule has 0 amide bonds. The van der Waals surface area contributed by atoms with Crippen LogP contribution in [0.3, 0.4) is 0 Å². The number of aryl methyl sites for hydroxylation is 4. The summed E-state index contributed by atoms with van der Waals surface area (Å²) in [5.41, 5.74) is 26.5. The summed E-state index contributed by atoms with van der Waals surface area (Å²) >= 11 is 0. The molecule has 2 aliphatic carbocycles. The van der Waals surface area contributed by atoms with Gasteiger partial charge in [-0.05, 0) is 245 Å². The first-order valence-electron chi connectivity index (χ1n) is 31.3. The van der Waals surface area contributed by atoms with Crippen LogP contribution in [0.5, 0.6) is 0 Å². The van der Waals surface area contributed by atoms with Gasteiger partial charge in [0.05, 0.1) is 0 Å². The molecular weight excluding hydrogens is 1030 g/mol. The number of fused-ring (bicyclic) bond motifs is 14. The molecule has 402 valence electrons. The van der Waals surface area contributed by atoms with Crippen LogP contribution in [-0.2, 0) is 25.7 Å². The van der Waals surface area contributed by atoms with E-state index in [2.05, 4.69) is 258 Å². The molecule has 0 spiro atoms. The van der Waals surface area contributed by atoms with E-state index in [1.54, 1.807) is 0 Å². The zero-order chi connectivity index (χ0) is 56.8. The van der Waals surface area contributed by atoms with E-state index in [0.717, 1.165) is 25.7 Å². The fourth-order valence-electron chi connectivity index (χ4n) is 16.8. The third kappa shape index (κ3) is 6.18. The third-order valence-electron chi connectivity index (χ3n) is 20.7. The quantitative estimate of drug-likeness (QED) is 0.105. The maximum absolute atomic E-state index is 2.51. The Morgan fingerprint density at radius 1 is 0.163 bits per heavy atom. The summed E-state index contributed by atoms with van der Waals surface area (Å²) in [6.07, 6.45) is 4.04. The van der Waals surface area contributed by atoms with Crippen molar-refractivity contribution in [1.82, 2.24) is 0 Å². The minimum atomic E-state index is 1.01. The van der Waals surface area contributed by atoms with Crippen LogP contribution in [0.4, 0.5) is 0 Å². The highest BCUT2D eigenvalue weighted by molar-refractivity contribution is 6.50. The molecule has 0 heteroatoms. The molecule has 0 aromatic heterocycles. The van der Waals surface area contributed by atoms with Crippen LogP contribution in [0.2, 0.25) is 0 Å². The van der Waals surface area contributed by atoms with Gasteiger partial charge in [-0.25, -0.2) is 0 Å². The molecule has 17 aromatic rings. The van der Waals surface area contributed by atoms with Crippen molar-refractivity contribution in [2.45, 2.75) is 53.4 Å². The second-order valence-corrected chi connectivity index (χ2v) is 24.6. The summed E-state index contributed by atoms with van der Waals surface area (Å²) in [5.74, 6) is 0. The molecule has 0 bridgehead atoms. The number of rotatable bonds is 8. The zero-order valence-electron chi connectivity index (χ0n) is 48.8. The Labute approximate surface area is 499 Å². The average Bonchev–Trinajstić information content (AvgIpc) is 1.31. The number of benzene rings is 17. The topological polar surface area (TPSA) is 0 Å². The Morgan fingerprint density at radius 2 is 0.372 bits per heavy atom. The summed E-state index contributed by atoms with van der Waals surface area (Å²) in [5, 5.41) is 26.7. The molecule has 0 unspecified atom stereocenters. The standard InChI is InChI=1S/C86H58/c1-5-47-23-31-51(32-24-47)71-55-15-9-11-17-57(55)73(53-35-27-49(7-3)28-36-53)85-69-45-43-65-77-61(39-41-67(81(69)77)83(71)85)59-19-13-22-64-75(59)79(65)63-21-14-20-60-62-40-42-68-82-70(46-44-66(78(62)82)80(64)76(60)63)86-74(54-37-29-50(8-4)30-38-54)58-18-12-10-16-56(58)72(84(68)86)52-33-25-48(6-2)26-34-52/h9-46H,5-8H2,1-4H3. The van der Waals surface area contributed by atoms with Crippen LogP contribution < -0.4 is 0 Å². The largest absolute Gasteiger partial charge is 0.0616 e. The van der Waals surface area contributed by atoms with E-state index in [0.29, 0.717) is 0 Å². The van der Waals surface area contributed by atoms with E-state index < -0.39 is 0 Å². The van der Waals surface area contributed by atoms with Crippen molar-refractivity contribution < 1.29 is 0 Å². The van der Waals surface area contributed by atoms with Gasteiger partial charge in [0.15, 0.2) is 0 Å². The lowest BCUT2D eigenvalue weighted by atomic mass is 9.81. The van der Waals surface area contributed by atoms with Crippen LogP contribution in [-0.4, -0.2) is 0 Å². The summed E-state index contributed by atoms with van der Waals surface area (Å²) < 4.78 is 0. The fraction of sp³-hybridized carbons (Fsp3) is 0.0930. The predicted molar refractivity (Wildman–Crippen MR) is 372 cm³/mol. The first-order valence-corrected chi connectivity index (χ1v) is 31.3. The Bertz CT molecular complexity index is 5230. The minimum absolute atomic E-state index is 1.01. The van der Waals surface area contributed by atoms with Crippen molar-refractivity contribution in [1.29, 1.82) is 0 Å². The zero-order valence-corrected chi connectivity index (χ0v) is 48.8. The summed E-state index contributed by atoms with van der Waals surface area (Å²) in [7, 11) is 0. The Morgan fingerprint density at radius 3 is 0.651 bits per heavy atom. The summed E-state index contributed by atoms with van der Waals surface area (Å²) in [6.45, 7) is 9.01. The van der Waals surface area contributed by atoms with Crippen LogP contribution in [0.1, 0.15) is 49.9 Å². The molecule has 0 saturated heterocycles. The van der Waals surface area contributed by atoms with Gasteiger partial charge >= 0.3 is 0 Å².